The topological polar surface area (TPSA) is 123 Å². The third-order valence-electron chi connectivity index (χ3n) is 5.78. The molecule has 1 heterocycles. The van der Waals surface area contributed by atoms with E-state index in [1.165, 1.54) is 17.1 Å². The smallest absolute Gasteiger partial charge is 0.411 e. The van der Waals surface area contributed by atoms with Crippen LogP contribution in [0.1, 0.15) is 30.9 Å². The molecule has 1 aromatic heterocycles. The molecule has 0 saturated heterocycles. The molecule has 0 saturated carbocycles. The number of ether oxygens (including phenoxy) is 1. The van der Waals surface area contributed by atoms with Crippen LogP contribution in [0.15, 0.2) is 60.9 Å². The Kier molecular flexibility index (Phi) is 6.62. The maximum absolute atomic E-state index is 12.4. The lowest BCUT2D eigenvalue weighted by atomic mass is 9.98. The van der Waals surface area contributed by atoms with Gasteiger partial charge in [0.25, 0.3) is 0 Å². The molecular weight excluding hydrogens is 436 g/mol. The Bertz CT molecular complexity index is 1170. The lowest BCUT2D eigenvalue weighted by molar-refractivity contribution is -0.143. The summed E-state index contributed by atoms with van der Waals surface area (Å²) in [5, 5.41) is 18.3. The van der Waals surface area contributed by atoms with Crippen molar-refractivity contribution in [2.75, 3.05) is 11.9 Å². The molecule has 1 unspecified atom stereocenters. The molecule has 2 amide bonds. The van der Waals surface area contributed by atoms with Gasteiger partial charge in [-0.25, -0.2) is 9.59 Å². The highest BCUT2D eigenvalue weighted by Crippen LogP contribution is 2.44. The minimum absolute atomic E-state index is 0.0484. The van der Waals surface area contributed by atoms with Gasteiger partial charge in [0.05, 0.1) is 11.9 Å². The van der Waals surface area contributed by atoms with Gasteiger partial charge in [-0.2, -0.15) is 5.10 Å². The first-order valence-corrected chi connectivity index (χ1v) is 11.0. The molecule has 1 aliphatic carbocycles. The first-order valence-electron chi connectivity index (χ1n) is 11.0. The van der Waals surface area contributed by atoms with Crippen LogP contribution in [-0.4, -0.2) is 45.5 Å². The van der Waals surface area contributed by atoms with E-state index in [4.69, 9.17) is 4.74 Å². The number of hydrogen-bond donors (Lipinski definition) is 3. The van der Waals surface area contributed by atoms with E-state index in [0.29, 0.717) is 5.69 Å². The van der Waals surface area contributed by atoms with E-state index < -0.39 is 24.0 Å². The highest BCUT2D eigenvalue weighted by Gasteiger charge is 2.29. The van der Waals surface area contributed by atoms with Crippen LogP contribution in [0.3, 0.4) is 0 Å². The van der Waals surface area contributed by atoms with Gasteiger partial charge in [-0.15, -0.1) is 0 Å². The average molecular weight is 463 g/mol. The first-order chi connectivity index (χ1) is 16.3. The number of aliphatic carboxylic acids is 1. The summed E-state index contributed by atoms with van der Waals surface area (Å²) in [5.41, 5.74) is 4.90. The van der Waals surface area contributed by atoms with Gasteiger partial charge in [0, 0.05) is 12.1 Å². The fourth-order valence-corrected chi connectivity index (χ4v) is 4.15. The molecule has 1 atom stereocenters. The number of aromatic nitrogens is 2. The van der Waals surface area contributed by atoms with E-state index >= 15 is 0 Å². The summed E-state index contributed by atoms with van der Waals surface area (Å²) in [5.74, 6) is -1.89. The molecule has 9 heteroatoms. The average Bonchev–Trinajstić information content (AvgIpc) is 3.37. The van der Waals surface area contributed by atoms with E-state index in [2.05, 4.69) is 27.9 Å². The highest BCUT2D eigenvalue weighted by molar-refractivity contribution is 5.85. The molecule has 9 nitrogen and oxygen atoms in total. The molecule has 0 aliphatic heterocycles. The fourth-order valence-electron chi connectivity index (χ4n) is 4.15. The number of benzene rings is 2. The van der Waals surface area contributed by atoms with Crippen LogP contribution < -0.4 is 10.6 Å². The van der Waals surface area contributed by atoms with Gasteiger partial charge >= 0.3 is 12.1 Å². The number of amides is 2. The summed E-state index contributed by atoms with van der Waals surface area (Å²) in [6.07, 6.45) is 2.24. The Morgan fingerprint density at radius 1 is 1.06 bits per heavy atom. The van der Waals surface area contributed by atoms with Gasteiger partial charge in [-0.3, -0.25) is 14.8 Å². The number of anilines is 1. The summed E-state index contributed by atoms with van der Waals surface area (Å²) in [7, 11) is 0. The minimum atomic E-state index is -1.10. The molecule has 0 fully saturated rings. The third kappa shape index (κ3) is 4.93. The molecule has 34 heavy (non-hydrogen) atoms. The number of nitrogens with one attached hydrogen (secondary N) is 2. The molecule has 0 bridgehead atoms. The van der Waals surface area contributed by atoms with Gasteiger partial charge in [-0.05, 0) is 28.2 Å². The van der Waals surface area contributed by atoms with Crippen LogP contribution in [0.25, 0.3) is 11.1 Å². The Hall–Kier alpha value is -4.14. The number of rotatable bonds is 8. The zero-order chi connectivity index (χ0) is 24.2. The summed E-state index contributed by atoms with van der Waals surface area (Å²) in [4.78, 5) is 35.8. The molecule has 4 rings (SSSR count). The van der Waals surface area contributed by atoms with Crippen LogP contribution in [0.5, 0.6) is 0 Å². The van der Waals surface area contributed by atoms with Crippen molar-refractivity contribution in [2.24, 2.45) is 5.92 Å². The second-order valence-electron chi connectivity index (χ2n) is 8.50. The lowest BCUT2D eigenvalue weighted by Crippen LogP contribution is -2.45. The van der Waals surface area contributed by atoms with E-state index in [9.17, 15) is 19.5 Å². The predicted molar refractivity (Wildman–Crippen MR) is 125 cm³/mol. The van der Waals surface area contributed by atoms with Crippen molar-refractivity contribution in [3.05, 3.63) is 72.1 Å². The highest BCUT2D eigenvalue weighted by atomic mass is 16.5. The molecule has 176 valence electrons. The van der Waals surface area contributed by atoms with Crippen LogP contribution in [0, 0.1) is 5.92 Å². The second-order valence-corrected chi connectivity index (χ2v) is 8.50. The van der Waals surface area contributed by atoms with Crippen LogP contribution in [0.2, 0.25) is 0 Å². The standard InChI is InChI=1S/C25H26N4O5/c1-15(2)23(24(31)32)28-22(30)13-29-12-16(11-26-29)27-25(33)34-14-21-19-9-5-3-7-17(19)18-8-4-6-10-20(18)21/h3-12,15,21,23H,13-14H2,1-2H3,(H,27,33)(H,28,30)(H,31,32). The zero-order valence-corrected chi connectivity index (χ0v) is 18.9. The summed E-state index contributed by atoms with van der Waals surface area (Å²) in [6.45, 7) is 3.43. The molecule has 3 aromatic rings. The van der Waals surface area contributed by atoms with E-state index in [-0.39, 0.29) is 25.0 Å². The molecule has 1 aliphatic rings. The van der Waals surface area contributed by atoms with Crippen molar-refractivity contribution >= 4 is 23.7 Å². The summed E-state index contributed by atoms with van der Waals surface area (Å²) in [6, 6.07) is 15.2. The number of carbonyl (C=O) groups excluding carboxylic acids is 2. The number of hydrogen-bond acceptors (Lipinski definition) is 5. The summed E-state index contributed by atoms with van der Waals surface area (Å²) >= 11 is 0. The zero-order valence-electron chi connectivity index (χ0n) is 18.9. The lowest BCUT2D eigenvalue weighted by Gasteiger charge is -2.17. The maximum atomic E-state index is 12.4. The van der Waals surface area contributed by atoms with Crippen molar-refractivity contribution < 1.29 is 24.2 Å². The number of carboxylic acid groups (broad SMARTS) is 1. The third-order valence-corrected chi connectivity index (χ3v) is 5.78. The Morgan fingerprint density at radius 2 is 1.68 bits per heavy atom. The van der Waals surface area contributed by atoms with Gasteiger partial charge in [0.2, 0.25) is 5.91 Å². The van der Waals surface area contributed by atoms with Crippen molar-refractivity contribution in [1.29, 1.82) is 0 Å². The normalized spacial score (nSPS) is 13.1. The molecule has 3 N–H and O–H groups in total. The quantitative estimate of drug-likeness (QED) is 0.471. The van der Waals surface area contributed by atoms with Gasteiger partial charge < -0.3 is 15.2 Å². The van der Waals surface area contributed by atoms with Crippen LogP contribution in [0.4, 0.5) is 10.5 Å². The van der Waals surface area contributed by atoms with Gasteiger partial charge in [0.15, 0.2) is 0 Å². The second kappa shape index (κ2) is 9.78. The largest absolute Gasteiger partial charge is 0.480 e. The number of carboxylic acids is 1. The van der Waals surface area contributed by atoms with Crippen LogP contribution in [-0.2, 0) is 20.9 Å². The van der Waals surface area contributed by atoms with E-state index in [1.54, 1.807) is 13.8 Å². The molecular formula is C25H26N4O5. The van der Waals surface area contributed by atoms with Crippen LogP contribution >= 0.6 is 0 Å². The molecule has 0 radical (unpaired) electrons. The minimum Gasteiger partial charge on any atom is -0.480 e. The Balaban J connectivity index is 1.33. The first kappa shape index (κ1) is 23.0. The molecule has 2 aromatic carbocycles. The summed E-state index contributed by atoms with van der Waals surface area (Å²) < 4.78 is 6.82. The predicted octanol–water partition coefficient (Wildman–Crippen LogP) is 3.47. The van der Waals surface area contributed by atoms with Crippen molar-refractivity contribution in [3.8, 4) is 11.1 Å². The maximum Gasteiger partial charge on any atom is 0.411 e. The number of nitrogens with zero attached hydrogens (tertiary/aromatic N) is 2. The van der Waals surface area contributed by atoms with Gasteiger partial charge in [0.1, 0.15) is 19.2 Å². The van der Waals surface area contributed by atoms with Crippen molar-refractivity contribution in [2.45, 2.75) is 32.4 Å². The van der Waals surface area contributed by atoms with E-state index in [0.717, 1.165) is 22.3 Å². The Labute approximate surface area is 196 Å². The molecule has 0 spiro atoms. The van der Waals surface area contributed by atoms with Crippen molar-refractivity contribution in [1.82, 2.24) is 15.1 Å². The van der Waals surface area contributed by atoms with E-state index in [1.807, 2.05) is 36.4 Å². The van der Waals surface area contributed by atoms with Gasteiger partial charge in [-0.1, -0.05) is 62.4 Å². The van der Waals surface area contributed by atoms with Crippen molar-refractivity contribution in [3.63, 3.8) is 0 Å². The number of fused-ring (bicyclic) bond motifs is 3. The Morgan fingerprint density at radius 3 is 2.26 bits per heavy atom. The number of carbonyl (C=O) groups is 3. The monoisotopic (exact) mass is 462 g/mol. The fraction of sp³-hybridized carbons (Fsp3) is 0.280. The SMILES string of the molecule is CC(C)C(NC(=O)Cn1cc(NC(=O)OCC2c3ccccc3-c3ccccc32)cn1)C(=O)O.